The van der Waals surface area contributed by atoms with E-state index in [1.54, 1.807) is 60.7 Å². The fraction of sp³-hybridized carbons (Fsp3) is 0.0714. The van der Waals surface area contributed by atoms with E-state index in [0.717, 1.165) is 24.3 Å². The molecule has 0 heterocycles. The molecule has 0 spiro atoms. The molecule has 0 aliphatic rings. The molecule has 0 N–H and O–H groups in total. The van der Waals surface area contributed by atoms with Gasteiger partial charge in [0.2, 0.25) is 0 Å². The summed E-state index contributed by atoms with van der Waals surface area (Å²) in [6.07, 6.45) is -9.00. The first-order valence-corrected chi connectivity index (χ1v) is 10.4. The molecule has 34 heavy (non-hydrogen) atoms. The van der Waals surface area contributed by atoms with Crippen molar-refractivity contribution in [3.8, 4) is 22.3 Å². The standard InChI is InChI=1S/C28H16F6/c29-27(30,31)19-9-5-7-17(15-19)25-21-11-1-2-12-22(21)26(24-14-4-3-13-23(24)25)18-8-6-10-20(16-18)28(32,33)34/h1-16H. The van der Waals surface area contributed by atoms with Crippen LogP contribution in [-0.4, -0.2) is 0 Å². The number of hydrogen-bond acceptors (Lipinski definition) is 0. The maximum Gasteiger partial charge on any atom is 0.416 e. The molecule has 0 fully saturated rings. The lowest BCUT2D eigenvalue weighted by atomic mass is 9.85. The fourth-order valence-electron chi connectivity index (χ4n) is 4.45. The van der Waals surface area contributed by atoms with Crippen molar-refractivity contribution in [2.75, 3.05) is 0 Å². The van der Waals surface area contributed by atoms with Gasteiger partial charge in [-0.3, -0.25) is 0 Å². The average Bonchev–Trinajstić information content (AvgIpc) is 2.81. The van der Waals surface area contributed by atoms with Gasteiger partial charge in [0, 0.05) is 0 Å². The van der Waals surface area contributed by atoms with Crippen molar-refractivity contribution < 1.29 is 26.3 Å². The largest absolute Gasteiger partial charge is 0.416 e. The van der Waals surface area contributed by atoms with Crippen molar-refractivity contribution in [3.05, 3.63) is 108 Å². The predicted octanol–water partition coefficient (Wildman–Crippen LogP) is 9.36. The maximum absolute atomic E-state index is 13.4. The molecule has 0 atom stereocenters. The normalized spacial score (nSPS) is 12.4. The van der Waals surface area contributed by atoms with Gasteiger partial charge in [0.1, 0.15) is 0 Å². The summed E-state index contributed by atoms with van der Waals surface area (Å²) >= 11 is 0. The highest BCUT2D eigenvalue weighted by Crippen LogP contribution is 2.45. The molecular formula is C28H16F6. The molecule has 0 nitrogen and oxygen atoms in total. The van der Waals surface area contributed by atoms with Crippen molar-refractivity contribution in [3.63, 3.8) is 0 Å². The number of benzene rings is 5. The van der Waals surface area contributed by atoms with Crippen molar-refractivity contribution in [2.45, 2.75) is 12.4 Å². The Morgan fingerprint density at radius 2 is 0.706 bits per heavy atom. The van der Waals surface area contributed by atoms with Gasteiger partial charge >= 0.3 is 12.4 Å². The van der Waals surface area contributed by atoms with Gasteiger partial charge in [0.05, 0.1) is 11.1 Å². The smallest absolute Gasteiger partial charge is 0.166 e. The van der Waals surface area contributed by atoms with Crippen LogP contribution in [0.4, 0.5) is 26.3 Å². The van der Waals surface area contributed by atoms with Crippen LogP contribution in [-0.2, 0) is 12.4 Å². The van der Waals surface area contributed by atoms with E-state index >= 15 is 0 Å². The zero-order valence-electron chi connectivity index (χ0n) is 17.5. The van der Waals surface area contributed by atoms with Crippen LogP contribution < -0.4 is 0 Å². The van der Waals surface area contributed by atoms with E-state index in [1.165, 1.54) is 12.1 Å². The Bertz CT molecular complexity index is 1350. The first-order valence-electron chi connectivity index (χ1n) is 10.4. The van der Waals surface area contributed by atoms with Gasteiger partial charge in [0.25, 0.3) is 0 Å². The molecule has 5 aromatic carbocycles. The number of fused-ring (bicyclic) bond motifs is 2. The Balaban J connectivity index is 1.90. The Morgan fingerprint density at radius 1 is 0.382 bits per heavy atom. The lowest BCUT2D eigenvalue weighted by molar-refractivity contribution is -0.138. The van der Waals surface area contributed by atoms with Crippen LogP contribution in [0.2, 0.25) is 0 Å². The van der Waals surface area contributed by atoms with Crippen LogP contribution in [0.3, 0.4) is 0 Å². The lowest BCUT2D eigenvalue weighted by Crippen LogP contribution is -2.05. The lowest BCUT2D eigenvalue weighted by Gasteiger charge is -2.19. The number of rotatable bonds is 2. The second kappa shape index (κ2) is 7.90. The Kier molecular flexibility index (Phi) is 5.12. The summed E-state index contributed by atoms with van der Waals surface area (Å²) < 4.78 is 80.6. The van der Waals surface area contributed by atoms with Crippen molar-refractivity contribution in [1.29, 1.82) is 0 Å². The Labute approximate surface area is 191 Å². The third-order valence-corrected chi connectivity index (χ3v) is 5.89. The van der Waals surface area contributed by atoms with Crippen LogP contribution in [0, 0.1) is 0 Å². The second-order valence-electron chi connectivity index (χ2n) is 8.00. The van der Waals surface area contributed by atoms with Gasteiger partial charge in [-0.15, -0.1) is 0 Å². The predicted molar refractivity (Wildman–Crippen MR) is 122 cm³/mol. The number of hydrogen-bond donors (Lipinski definition) is 0. The first-order chi connectivity index (χ1) is 16.1. The van der Waals surface area contributed by atoms with Crippen LogP contribution in [0.15, 0.2) is 97.1 Å². The van der Waals surface area contributed by atoms with Gasteiger partial charge < -0.3 is 0 Å². The highest BCUT2D eigenvalue weighted by Gasteiger charge is 2.32. The molecule has 0 radical (unpaired) electrons. The first kappa shape index (κ1) is 22.0. The topological polar surface area (TPSA) is 0 Å². The average molecular weight is 466 g/mol. The van der Waals surface area contributed by atoms with Crippen molar-refractivity contribution in [2.24, 2.45) is 0 Å². The second-order valence-corrected chi connectivity index (χ2v) is 8.00. The Morgan fingerprint density at radius 3 is 1.00 bits per heavy atom. The van der Waals surface area contributed by atoms with Gasteiger partial charge in [-0.25, -0.2) is 0 Å². The third kappa shape index (κ3) is 3.79. The van der Waals surface area contributed by atoms with E-state index in [-0.39, 0.29) is 0 Å². The molecule has 0 bridgehead atoms. The highest BCUT2D eigenvalue weighted by molar-refractivity contribution is 6.21. The van der Waals surface area contributed by atoms with Gasteiger partial charge in [-0.1, -0.05) is 72.8 Å². The maximum atomic E-state index is 13.4. The molecule has 0 aromatic heterocycles. The molecule has 170 valence electrons. The molecule has 0 saturated carbocycles. The van der Waals surface area contributed by atoms with Gasteiger partial charge in [-0.2, -0.15) is 26.3 Å². The summed E-state index contributed by atoms with van der Waals surface area (Å²) in [5, 5.41) is 2.64. The minimum absolute atomic E-state index is 0.387. The molecule has 0 saturated heterocycles. The minimum Gasteiger partial charge on any atom is -0.166 e. The molecule has 0 aliphatic heterocycles. The molecule has 5 aromatic rings. The molecule has 6 heteroatoms. The quantitative estimate of drug-likeness (QED) is 0.180. The molecule has 5 rings (SSSR count). The summed E-state index contributed by atoms with van der Waals surface area (Å²) in [6.45, 7) is 0. The van der Waals surface area contributed by atoms with Crippen molar-refractivity contribution >= 4 is 21.5 Å². The summed E-state index contributed by atoms with van der Waals surface area (Å²) in [6, 6.07) is 24.4. The number of halogens is 6. The van der Waals surface area contributed by atoms with E-state index < -0.39 is 23.5 Å². The molecule has 0 aliphatic carbocycles. The molecule has 0 unspecified atom stereocenters. The van der Waals surface area contributed by atoms with Gasteiger partial charge in [0.15, 0.2) is 0 Å². The SMILES string of the molecule is FC(F)(F)c1cccc(-c2c3ccccc3c(-c3cccc(C(F)(F)F)c3)c3ccccc23)c1. The van der Waals surface area contributed by atoms with E-state index in [2.05, 4.69) is 0 Å². The van der Waals surface area contributed by atoms with E-state index in [9.17, 15) is 26.3 Å². The summed E-state index contributed by atoms with van der Waals surface area (Å²) in [5.74, 6) is 0. The Hall–Kier alpha value is -3.80. The van der Waals surface area contributed by atoms with Crippen molar-refractivity contribution in [1.82, 2.24) is 0 Å². The monoisotopic (exact) mass is 466 g/mol. The fourth-order valence-corrected chi connectivity index (χ4v) is 4.45. The van der Waals surface area contributed by atoms with E-state index in [1.807, 2.05) is 0 Å². The summed E-state index contributed by atoms with van der Waals surface area (Å²) in [7, 11) is 0. The number of alkyl halides is 6. The molecule has 0 amide bonds. The zero-order valence-corrected chi connectivity index (χ0v) is 17.5. The van der Waals surface area contributed by atoms with Crippen LogP contribution >= 0.6 is 0 Å². The van der Waals surface area contributed by atoms with E-state index in [0.29, 0.717) is 43.8 Å². The minimum atomic E-state index is -4.50. The summed E-state index contributed by atoms with van der Waals surface area (Å²) in [5.41, 5.74) is 0.455. The van der Waals surface area contributed by atoms with E-state index in [4.69, 9.17) is 0 Å². The third-order valence-electron chi connectivity index (χ3n) is 5.89. The van der Waals surface area contributed by atoms with Crippen LogP contribution in [0.5, 0.6) is 0 Å². The molecular weight excluding hydrogens is 450 g/mol. The van der Waals surface area contributed by atoms with Gasteiger partial charge in [-0.05, 0) is 68.1 Å². The zero-order chi connectivity index (χ0) is 24.1. The highest BCUT2D eigenvalue weighted by atomic mass is 19.4. The summed E-state index contributed by atoms with van der Waals surface area (Å²) in [4.78, 5) is 0. The van der Waals surface area contributed by atoms with Crippen LogP contribution in [0.25, 0.3) is 43.8 Å². The van der Waals surface area contributed by atoms with Crippen LogP contribution in [0.1, 0.15) is 11.1 Å².